The minimum absolute atomic E-state index is 0.00731. The van der Waals surface area contributed by atoms with Crippen LogP contribution in [0, 0.1) is 12.7 Å². The zero-order chi connectivity index (χ0) is 13.1. The minimum atomic E-state index is -0.357. The molecule has 2 nitrogen and oxygen atoms in total. The van der Waals surface area contributed by atoms with Crippen molar-refractivity contribution in [2.45, 2.75) is 13.5 Å². The molecule has 2 aromatic rings. The van der Waals surface area contributed by atoms with Gasteiger partial charge in [-0.1, -0.05) is 28.1 Å². The van der Waals surface area contributed by atoms with Gasteiger partial charge >= 0.3 is 0 Å². The molecule has 18 heavy (non-hydrogen) atoms. The van der Waals surface area contributed by atoms with Crippen molar-refractivity contribution in [2.75, 3.05) is 0 Å². The van der Waals surface area contributed by atoms with Crippen molar-refractivity contribution in [2.24, 2.45) is 0 Å². The molecule has 2 aromatic carbocycles. The average molecular weight is 311 g/mol. The van der Waals surface area contributed by atoms with Gasteiger partial charge in [0, 0.05) is 10.5 Å². The number of rotatable bonds is 3. The molecule has 94 valence electrons. The molecule has 0 aliphatic rings. The van der Waals surface area contributed by atoms with Crippen LogP contribution in [0.25, 0.3) is 0 Å². The van der Waals surface area contributed by atoms with Gasteiger partial charge < -0.3 is 9.84 Å². The highest BCUT2D eigenvalue weighted by molar-refractivity contribution is 9.10. The molecular weight excluding hydrogens is 299 g/mol. The van der Waals surface area contributed by atoms with Crippen LogP contribution in [0.3, 0.4) is 0 Å². The lowest BCUT2D eigenvalue weighted by Gasteiger charge is -2.10. The Bertz CT molecular complexity index is 549. The Labute approximate surface area is 113 Å². The Hall–Kier alpha value is -1.39. The van der Waals surface area contributed by atoms with E-state index in [4.69, 9.17) is 9.84 Å². The molecule has 0 saturated heterocycles. The number of hydrogen-bond donors (Lipinski definition) is 1. The number of aliphatic hydroxyl groups excluding tert-OH is 1. The first-order valence-electron chi connectivity index (χ1n) is 5.43. The Balaban J connectivity index is 2.28. The topological polar surface area (TPSA) is 29.5 Å². The summed E-state index contributed by atoms with van der Waals surface area (Å²) in [6, 6.07) is 9.77. The highest BCUT2D eigenvalue weighted by Gasteiger charge is 2.05. The summed E-state index contributed by atoms with van der Waals surface area (Å²) in [7, 11) is 0. The number of aliphatic hydroxyl groups is 1. The van der Waals surface area contributed by atoms with E-state index in [2.05, 4.69) is 15.9 Å². The van der Waals surface area contributed by atoms with E-state index >= 15 is 0 Å². The number of halogens is 2. The van der Waals surface area contributed by atoms with Gasteiger partial charge in [0.25, 0.3) is 0 Å². The first kappa shape index (κ1) is 13.1. The SMILES string of the molecule is Cc1cc(CO)ccc1Oc1cc(F)cc(Br)c1. The average Bonchev–Trinajstić information content (AvgIpc) is 2.30. The van der Waals surface area contributed by atoms with E-state index in [9.17, 15) is 4.39 Å². The summed E-state index contributed by atoms with van der Waals surface area (Å²) in [5.41, 5.74) is 1.71. The third kappa shape index (κ3) is 3.09. The first-order chi connectivity index (χ1) is 8.58. The predicted octanol–water partition coefficient (Wildman–Crippen LogP) is 4.18. The maximum absolute atomic E-state index is 13.2. The highest BCUT2D eigenvalue weighted by Crippen LogP contribution is 2.28. The zero-order valence-corrected chi connectivity index (χ0v) is 11.4. The van der Waals surface area contributed by atoms with Crippen LogP contribution in [0.4, 0.5) is 4.39 Å². The van der Waals surface area contributed by atoms with Crippen molar-refractivity contribution in [3.63, 3.8) is 0 Å². The van der Waals surface area contributed by atoms with Crippen LogP contribution in [0.2, 0.25) is 0 Å². The molecule has 0 amide bonds. The van der Waals surface area contributed by atoms with E-state index < -0.39 is 0 Å². The monoisotopic (exact) mass is 310 g/mol. The van der Waals surface area contributed by atoms with Gasteiger partial charge in [-0.05, 0) is 36.2 Å². The van der Waals surface area contributed by atoms with Crippen molar-refractivity contribution in [1.29, 1.82) is 0 Å². The molecule has 0 atom stereocenters. The second-order valence-corrected chi connectivity index (χ2v) is 4.88. The van der Waals surface area contributed by atoms with Gasteiger partial charge in [0.05, 0.1) is 6.61 Å². The van der Waals surface area contributed by atoms with E-state index in [1.807, 2.05) is 13.0 Å². The second kappa shape index (κ2) is 5.50. The van der Waals surface area contributed by atoms with Crippen molar-refractivity contribution in [3.05, 3.63) is 57.8 Å². The largest absolute Gasteiger partial charge is 0.457 e. The lowest BCUT2D eigenvalue weighted by Crippen LogP contribution is -1.91. The maximum Gasteiger partial charge on any atom is 0.131 e. The highest BCUT2D eigenvalue weighted by atomic mass is 79.9. The fourth-order valence-corrected chi connectivity index (χ4v) is 2.08. The summed E-state index contributed by atoms with van der Waals surface area (Å²) < 4.78 is 19.5. The predicted molar refractivity (Wildman–Crippen MR) is 71.3 cm³/mol. The van der Waals surface area contributed by atoms with E-state index in [1.54, 1.807) is 18.2 Å². The molecule has 0 aromatic heterocycles. The molecule has 0 saturated carbocycles. The minimum Gasteiger partial charge on any atom is -0.457 e. The lowest BCUT2D eigenvalue weighted by molar-refractivity contribution is 0.281. The molecule has 4 heteroatoms. The fraction of sp³-hybridized carbons (Fsp3) is 0.143. The van der Waals surface area contributed by atoms with Crippen LogP contribution in [0.5, 0.6) is 11.5 Å². The van der Waals surface area contributed by atoms with Crippen LogP contribution in [-0.4, -0.2) is 5.11 Å². The lowest BCUT2D eigenvalue weighted by atomic mass is 10.1. The molecule has 0 spiro atoms. The summed E-state index contributed by atoms with van der Waals surface area (Å²) in [6.07, 6.45) is 0. The number of aryl methyl sites for hydroxylation is 1. The third-order valence-corrected chi connectivity index (χ3v) is 2.94. The molecule has 0 heterocycles. The summed E-state index contributed by atoms with van der Waals surface area (Å²) >= 11 is 3.21. The standard InChI is InChI=1S/C14H12BrFO2/c1-9-4-10(8-17)2-3-14(9)18-13-6-11(15)5-12(16)7-13/h2-7,17H,8H2,1H3. The Kier molecular flexibility index (Phi) is 3.99. The van der Waals surface area contributed by atoms with Crippen molar-refractivity contribution >= 4 is 15.9 Å². The van der Waals surface area contributed by atoms with Gasteiger partial charge in [-0.3, -0.25) is 0 Å². The second-order valence-electron chi connectivity index (χ2n) is 3.97. The van der Waals surface area contributed by atoms with Gasteiger partial charge in [0.15, 0.2) is 0 Å². The van der Waals surface area contributed by atoms with E-state index in [0.717, 1.165) is 11.1 Å². The smallest absolute Gasteiger partial charge is 0.131 e. The van der Waals surface area contributed by atoms with Crippen LogP contribution < -0.4 is 4.74 Å². The van der Waals surface area contributed by atoms with Crippen LogP contribution in [0.15, 0.2) is 40.9 Å². The van der Waals surface area contributed by atoms with Gasteiger partial charge in [-0.2, -0.15) is 0 Å². The van der Waals surface area contributed by atoms with Crippen molar-refractivity contribution in [1.82, 2.24) is 0 Å². The Morgan fingerprint density at radius 3 is 2.61 bits per heavy atom. The summed E-state index contributed by atoms with van der Waals surface area (Å²) in [6.45, 7) is 1.87. The number of benzene rings is 2. The third-order valence-electron chi connectivity index (χ3n) is 2.49. The van der Waals surface area contributed by atoms with Gasteiger partial charge in [-0.15, -0.1) is 0 Å². The molecule has 0 aliphatic carbocycles. The molecule has 1 N–H and O–H groups in total. The molecule has 2 rings (SSSR count). The van der Waals surface area contributed by atoms with Gasteiger partial charge in [0.1, 0.15) is 17.3 Å². The zero-order valence-electron chi connectivity index (χ0n) is 9.78. The maximum atomic E-state index is 13.2. The summed E-state index contributed by atoms with van der Waals surface area (Å²) in [5, 5.41) is 9.02. The first-order valence-corrected chi connectivity index (χ1v) is 6.22. The van der Waals surface area contributed by atoms with E-state index in [0.29, 0.717) is 16.0 Å². The van der Waals surface area contributed by atoms with Crippen LogP contribution >= 0.6 is 15.9 Å². The van der Waals surface area contributed by atoms with Crippen LogP contribution in [0.1, 0.15) is 11.1 Å². The quantitative estimate of drug-likeness (QED) is 0.921. The Morgan fingerprint density at radius 2 is 2.00 bits per heavy atom. The van der Waals surface area contributed by atoms with Crippen LogP contribution in [-0.2, 0) is 6.61 Å². The normalized spacial score (nSPS) is 10.4. The molecule has 0 unspecified atom stereocenters. The summed E-state index contributed by atoms with van der Waals surface area (Å²) in [4.78, 5) is 0. The molecule has 0 radical (unpaired) electrons. The van der Waals surface area contributed by atoms with Crippen molar-refractivity contribution in [3.8, 4) is 11.5 Å². The molecule has 0 bridgehead atoms. The molecular formula is C14H12BrFO2. The molecule has 0 aliphatic heterocycles. The van der Waals surface area contributed by atoms with E-state index in [-0.39, 0.29) is 12.4 Å². The van der Waals surface area contributed by atoms with Gasteiger partial charge in [0.2, 0.25) is 0 Å². The van der Waals surface area contributed by atoms with Crippen molar-refractivity contribution < 1.29 is 14.2 Å². The fourth-order valence-electron chi connectivity index (χ4n) is 1.64. The summed E-state index contributed by atoms with van der Waals surface area (Å²) in [5.74, 6) is 0.718. The molecule has 0 fully saturated rings. The van der Waals surface area contributed by atoms with E-state index in [1.165, 1.54) is 12.1 Å². The Morgan fingerprint density at radius 1 is 1.22 bits per heavy atom. The van der Waals surface area contributed by atoms with Gasteiger partial charge in [-0.25, -0.2) is 4.39 Å². The number of hydrogen-bond acceptors (Lipinski definition) is 2. The number of ether oxygens (including phenoxy) is 1.